The van der Waals surface area contributed by atoms with Gasteiger partial charge in [0.1, 0.15) is 0 Å². The first-order chi connectivity index (χ1) is 7.08. The molecule has 0 radical (unpaired) electrons. The van der Waals surface area contributed by atoms with Crippen LogP contribution in [-0.4, -0.2) is 10.1 Å². The Morgan fingerprint density at radius 3 is 2.20 bits per heavy atom. The van der Waals surface area contributed by atoms with Crippen LogP contribution in [0.25, 0.3) is 11.4 Å². The fourth-order valence-electron chi connectivity index (χ4n) is 1.66. The molecule has 0 aliphatic carbocycles. The van der Waals surface area contributed by atoms with Gasteiger partial charge in [-0.25, -0.2) is 0 Å². The highest BCUT2D eigenvalue weighted by molar-refractivity contribution is 9.10. The van der Waals surface area contributed by atoms with Crippen molar-refractivity contribution in [1.29, 1.82) is 0 Å². The molecule has 0 aliphatic rings. The molecular weight excluding hydrogens is 256 g/mol. The van der Waals surface area contributed by atoms with E-state index in [9.17, 15) is 0 Å². The molecule has 1 aromatic heterocycles. The van der Waals surface area contributed by atoms with E-state index in [0.29, 0.717) is 11.7 Å². The number of aryl methyl sites for hydroxylation is 3. The van der Waals surface area contributed by atoms with E-state index in [-0.39, 0.29) is 0 Å². The molecule has 1 heterocycles. The van der Waals surface area contributed by atoms with Gasteiger partial charge in [0.15, 0.2) is 0 Å². The number of nitrogens with zero attached hydrogens (tertiary/aromatic N) is 2. The van der Waals surface area contributed by atoms with Crippen molar-refractivity contribution < 1.29 is 4.52 Å². The van der Waals surface area contributed by atoms with E-state index < -0.39 is 0 Å². The summed E-state index contributed by atoms with van der Waals surface area (Å²) in [5, 5.41) is 3.94. The zero-order chi connectivity index (χ0) is 11.0. The fourth-order valence-corrected chi connectivity index (χ4v) is 2.35. The first kappa shape index (κ1) is 10.4. The molecule has 0 N–H and O–H groups in total. The highest BCUT2D eigenvalue weighted by Crippen LogP contribution is 2.27. The largest absolute Gasteiger partial charge is 0.339 e. The van der Waals surface area contributed by atoms with E-state index in [4.69, 9.17) is 4.52 Å². The van der Waals surface area contributed by atoms with Gasteiger partial charge in [0.25, 0.3) is 0 Å². The van der Waals surface area contributed by atoms with Crippen LogP contribution in [0.15, 0.2) is 21.1 Å². The Bertz CT molecular complexity index is 482. The molecule has 0 spiro atoms. The van der Waals surface area contributed by atoms with Crippen LogP contribution in [0.5, 0.6) is 0 Å². The molecule has 0 unspecified atom stereocenters. The minimum absolute atomic E-state index is 0.590. The zero-order valence-electron chi connectivity index (χ0n) is 8.84. The molecule has 0 amide bonds. The quantitative estimate of drug-likeness (QED) is 0.794. The number of benzene rings is 1. The standard InChI is InChI=1S/C11H11BrN2O/c1-6-4-9(12)5-7(2)10(6)11-13-8(3)15-14-11/h4-5H,1-3H3. The van der Waals surface area contributed by atoms with Gasteiger partial charge in [0, 0.05) is 17.0 Å². The summed E-state index contributed by atoms with van der Waals surface area (Å²) in [5.74, 6) is 1.25. The van der Waals surface area contributed by atoms with Gasteiger partial charge < -0.3 is 4.52 Å². The van der Waals surface area contributed by atoms with E-state index in [1.165, 1.54) is 0 Å². The molecule has 0 aliphatic heterocycles. The number of rotatable bonds is 1. The van der Waals surface area contributed by atoms with E-state index in [0.717, 1.165) is 21.2 Å². The third-order valence-corrected chi connectivity index (χ3v) is 2.71. The van der Waals surface area contributed by atoms with Gasteiger partial charge >= 0.3 is 0 Å². The Hall–Kier alpha value is -1.16. The smallest absolute Gasteiger partial charge is 0.223 e. The van der Waals surface area contributed by atoms with Crippen LogP contribution in [0.4, 0.5) is 0 Å². The van der Waals surface area contributed by atoms with Crippen LogP contribution in [0.2, 0.25) is 0 Å². The van der Waals surface area contributed by atoms with Crippen molar-refractivity contribution in [3.63, 3.8) is 0 Å². The van der Waals surface area contributed by atoms with Crippen molar-refractivity contribution in [2.75, 3.05) is 0 Å². The molecule has 4 heteroatoms. The van der Waals surface area contributed by atoms with Crippen LogP contribution in [-0.2, 0) is 0 Å². The Labute approximate surface area is 96.6 Å². The van der Waals surface area contributed by atoms with Crippen molar-refractivity contribution in [3.8, 4) is 11.4 Å². The lowest BCUT2D eigenvalue weighted by Gasteiger charge is -2.06. The predicted octanol–water partition coefficient (Wildman–Crippen LogP) is 3.42. The van der Waals surface area contributed by atoms with Crippen LogP contribution in [0, 0.1) is 20.8 Å². The zero-order valence-corrected chi connectivity index (χ0v) is 10.4. The maximum atomic E-state index is 4.99. The van der Waals surface area contributed by atoms with E-state index >= 15 is 0 Å². The van der Waals surface area contributed by atoms with Crippen LogP contribution < -0.4 is 0 Å². The summed E-state index contributed by atoms with van der Waals surface area (Å²) in [6, 6.07) is 4.10. The van der Waals surface area contributed by atoms with Gasteiger partial charge in [0.2, 0.25) is 11.7 Å². The first-order valence-corrected chi connectivity index (χ1v) is 5.44. The molecule has 2 aromatic rings. The summed E-state index contributed by atoms with van der Waals surface area (Å²) < 4.78 is 6.06. The van der Waals surface area contributed by atoms with E-state index in [2.05, 4.69) is 26.1 Å². The van der Waals surface area contributed by atoms with Gasteiger partial charge in [0.05, 0.1) is 0 Å². The average Bonchev–Trinajstić information content (AvgIpc) is 2.49. The fraction of sp³-hybridized carbons (Fsp3) is 0.273. The van der Waals surface area contributed by atoms with Crippen LogP contribution in [0.1, 0.15) is 17.0 Å². The Kier molecular flexibility index (Phi) is 2.61. The maximum absolute atomic E-state index is 4.99. The highest BCUT2D eigenvalue weighted by atomic mass is 79.9. The number of hydrogen-bond acceptors (Lipinski definition) is 3. The van der Waals surface area contributed by atoms with Gasteiger partial charge in [-0.05, 0) is 37.1 Å². The molecule has 0 bridgehead atoms. The predicted molar refractivity (Wildman–Crippen MR) is 61.6 cm³/mol. The number of aromatic nitrogens is 2. The second-order valence-electron chi connectivity index (χ2n) is 3.55. The van der Waals surface area contributed by atoms with E-state index in [1.54, 1.807) is 6.92 Å². The van der Waals surface area contributed by atoms with Gasteiger partial charge in [-0.15, -0.1) is 0 Å². The minimum atomic E-state index is 0.590. The van der Waals surface area contributed by atoms with Gasteiger partial charge in [-0.2, -0.15) is 4.98 Å². The normalized spacial score (nSPS) is 10.7. The average molecular weight is 267 g/mol. The molecule has 0 saturated heterocycles. The molecule has 1 aromatic carbocycles. The molecular formula is C11H11BrN2O. The van der Waals surface area contributed by atoms with Crippen molar-refractivity contribution in [2.24, 2.45) is 0 Å². The summed E-state index contributed by atoms with van der Waals surface area (Å²) in [5.41, 5.74) is 3.33. The summed E-state index contributed by atoms with van der Waals surface area (Å²) in [6.45, 7) is 5.87. The lowest BCUT2D eigenvalue weighted by molar-refractivity contribution is 0.394. The Balaban J connectivity index is 2.62. The van der Waals surface area contributed by atoms with Gasteiger partial charge in [-0.3, -0.25) is 0 Å². The van der Waals surface area contributed by atoms with Crippen molar-refractivity contribution in [1.82, 2.24) is 10.1 Å². The van der Waals surface area contributed by atoms with Crippen molar-refractivity contribution in [2.45, 2.75) is 20.8 Å². The number of hydrogen-bond donors (Lipinski definition) is 0. The molecule has 78 valence electrons. The lowest BCUT2D eigenvalue weighted by atomic mass is 10.0. The van der Waals surface area contributed by atoms with Crippen LogP contribution >= 0.6 is 15.9 Å². The molecule has 3 nitrogen and oxygen atoms in total. The SMILES string of the molecule is Cc1nc(-c2c(C)cc(Br)cc2C)no1. The second kappa shape index (κ2) is 3.77. The first-order valence-electron chi connectivity index (χ1n) is 4.65. The summed E-state index contributed by atoms with van der Waals surface area (Å²) in [6.07, 6.45) is 0. The third-order valence-electron chi connectivity index (χ3n) is 2.25. The maximum Gasteiger partial charge on any atom is 0.223 e. The minimum Gasteiger partial charge on any atom is -0.339 e. The molecule has 2 rings (SSSR count). The summed E-state index contributed by atoms with van der Waals surface area (Å²) in [4.78, 5) is 4.24. The van der Waals surface area contributed by atoms with E-state index in [1.807, 2.05) is 26.0 Å². The van der Waals surface area contributed by atoms with Gasteiger partial charge in [-0.1, -0.05) is 21.1 Å². The summed E-state index contributed by atoms with van der Waals surface area (Å²) in [7, 11) is 0. The second-order valence-corrected chi connectivity index (χ2v) is 4.47. The highest BCUT2D eigenvalue weighted by Gasteiger charge is 2.12. The van der Waals surface area contributed by atoms with Crippen molar-refractivity contribution >= 4 is 15.9 Å². The molecule has 0 atom stereocenters. The summed E-state index contributed by atoms with van der Waals surface area (Å²) >= 11 is 3.46. The molecule has 0 saturated carbocycles. The molecule has 0 fully saturated rings. The Morgan fingerprint density at radius 1 is 1.13 bits per heavy atom. The number of halogens is 1. The third kappa shape index (κ3) is 1.95. The monoisotopic (exact) mass is 266 g/mol. The molecule has 15 heavy (non-hydrogen) atoms. The van der Waals surface area contributed by atoms with Crippen LogP contribution in [0.3, 0.4) is 0 Å². The van der Waals surface area contributed by atoms with Crippen molar-refractivity contribution in [3.05, 3.63) is 33.6 Å². The Morgan fingerprint density at radius 2 is 1.73 bits per heavy atom. The topological polar surface area (TPSA) is 38.9 Å². The lowest BCUT2D eigenvalue weighted by Crippen LogP contribution is -1.90.